The van der Waals surface area contributed by atoms with Gasteiger partial charge in [0.1, 0.15) is 0 Å². The fourth-order valence-electron chi connectivity index (χ4n) is 1.67. The molecule has 5 nitrogen and oxygen atoms in total. The van der Waals surface area contributed by atoms with Crippen LogP contribution in [-0.4, -0.2) is 39.5 Å². The van der Waals surface area contributed by atoms with Gasteiger partial charge in [0.15, 0.2) is 0 Å². The van der Waals surface area contributed by atoms with Gasteiger partial charge in [0, 0.05) is 24.5 Å². The maximum absolute atomic E-state index is 12.1. The molecule has 0 saturated carbocycles. The molecule has 0 unspecified atom stereocenters. The van der Waals surface area contributed by atoms with Crippen LogP contribution < -0.4 is 10.5 Å². The Bertz CT molecular complexity index is 453. The molecule has 1 aromatic heterocycles. The average Bonchev–Trinajstić information content (AvgIpc) is 2.83. The van der Waals surface area contributed by atoms with Gasteiger partial charge >= 0.3 is 0 Å². The third kappa shape index (κ3) is 4.03. The number of nitrogens with zero attached hydrogens (tertiary/aromatic N) is 1. The van der Waals surface area contributed by atoms with Gasteiger partial charge in [-0.3, -0.25) is 0 Å². The molecular weight excluding hydrogens is 270 g/mol. The molecule has 0 fully saturated rings. The zero-order chi connectivity index (χ0) is 13.6. The number of likely N-dealkylation sites (N-methyl/N-ethyl adjacent to an activating group) is 1. The predicted octanol–water partition coefficient (Wildman–Crippen LogP) is 0.827. The van der Waals surface area contributed by atoms with Crippen LogP contribution in [0.15, 0.2) is 16.3 Å². The fraction of sp³-hybridized carbons (Fsp3) is 0.636. The maximum Gasteiger partial charge on any atom is 0.241 e. The van der Waals surface area contributed by atoms with Gasteiger partial charge in [0.25, 0.3) is 0 Å². The average molecular weight is 291 g/mol. The Kier molecular flexibility index (Phi) is 6.24. The number of sulfonamides is 1. The van der Waals surface area contributed by atoms with Crippen LogP contribution in [0.25, 0.3) is 0 Å². The molecule has 1 heterocycles. The van der Waals surface area contributed by atoms with Gasteiger partial charge in [-0.2, -0.15) is 0 Å². The summed E-state index contributed by atoms with van der Waals surface area (Å²) >= 11 is 1.37. The molecule has 3 N–H and O–H groups in total. The van der Waals surface area contributed by atoms with Crippen molar-refractivity contribution in [3.05, 3.63) is 16.3 Å². The predicted molar refractivity (Wildman–Crippen MR) is 75.2 cm³/mol. The highest BCUT2D eigenvalue weighted by Crippen LogP contribution is 2.20. The Balaban J connectivity index is 2.61. The van der Waals surface area contributed by atoms with Gasteiger partial charge in [-0.25, -0.2) is 13.1 Å². The Morgan fingerprint density at radius 3 is 2.61 bits per heavy atom. The molecule has 0 radical (unpaired) electrons. The lowest BCUT2D eigenvalue weighted by atomic mass is 10.5. The molecule has 0 aliphatic carbocycles. The molecule has 1 rings (SSSR count). The highest BCUT2D eigenvalue weighted by molar-refractivity contribution is 7.89. The largest absolute Gasteiger partial charge is 0.326 e. The van der Waals surface area contributed by atoms with Crippen molar-refractivity contribution in [3.63, 3.8) is 0 Å². The van der Waals surface area contributed by atoms with Crippen molar-refractivity contribution in [1.29, 1.82) is 0 Å². The molecule has 18 heavy (non-hydrogen) atoms. The number of hydrogen-bond acceptors (Lipinski definition) is 5. The van der Waals surface area contributed by atoms with Gasteiger partial charge in [-0.15, -0.1) is 11.3 Å². The van der Waals surface area contributed by atoms with Gasteiger partial charge in [-0.1, -0.05) is 13.8 Å². The van der Waals surface area contributed by atoms with E-state index < -0.39 is 10.0 Å². The zero-order valence-corrected chi connectivity index (χ0v) is 12.5. The molecule has 7 heteroatoms. The minimum atomic E-state index is -3.42. The second-order valence-corrected chi connectivity index (χ2v) is 6.57. The summed E-state index contributed by atoms with van der Waals surface area (Å²) in [5.74, 6) is 0. The third-order valence-electron chi connectivity index (χ3n) is 2.79. The van der Waals surface area contributed by atoms with Crippen LogP contribution in [-0.2, 0) is 16.6 Å². The van der Waals surface area contributed by atoms with E-state index in [4.69, 9.17) is 5.73 Å². The monoisotopic (exact) mass is 291 g/mol. The lowest BCUT2D eigenvalue weighted by molar-refractivity contribution is 0.309. The summed E-state index contributed by atoms with van der Waals surface area (Å²) in [5.41, 5.74) is 5.52. The van der Waals surface area contributed by atoms with Crippen LogP contribution in [0.3, 0.4) is 0 Å². The van der Waals surface area contributed by atoms with Gasteiger partial charge < -0.3 is 10.6 Å². The van der Waals surface area contributed by atoms with E-state index in [1.54, 1.807) is 11.4 Å². The Morgan fingerprint density at radius 1 is 1.39 bits per heavy atom. The number of nitrogens with two attached hydrogens (primary N) is 1. The SMILES string of the molecule is CCN(CC)CCNS(=O)(=O)c1ccsc1CN. The standard InChI is InChI=1S/C11H21N3O2S2/c1-3-14(4-2)7-6-13-18(15,16)11-5-8-17-10(11)9-12/h5,8,13H,3-4,6-7,9,12H2,1-2H3. The van der Waals surface area contributed by atoms with Crippen molar-refractivity contribution in [3.8, 4) is 0 Å². The summed E-state index contributed by atoms with van der Waals surface area (Å²) in [7, 11) is -3.42. The van der Waals surface area contributed by atoms with E-state index in [1.165, 1.54) is 11.3 Å². The minimum Gasteiger partial charge on any atom is -0.326 e. The number of thiophene rings is 1. The van der Waals surface area contributed by atoms with Crippen LogP contribution in [0, 0.1) is 0 Å². The number of nitrogens with one attached hydrogen (secondary N) is 1. The first-order valence-corrected chi connectivity index (χ1v) is 8.39. The van der Waals surface area contributed by atoms with E-state index in [9.17, 15) is 8.42 Å². The van der Waals surface area contributed by atoms with Gasteiger partial charge in [-0.05, 0) is 24.5 Å². The van der Waals surface area contributed by atoms with E-state index in [0.717, 1.165) is 13.1 Å². The third-order valence-corrected chi connectivity index (χ3v) is 5.41. The lowest BCUT2D eigenvalue weighted by Gasteiger charge is -2.18. The summed E-state index contributed by atoms with van der Waals surface area (Å²) < 4.78 is 26.7. The highest BCUT2D eigenvalue weighted by atomic mass is 32.2. The number of hydrogen-bond donors (Lipinski definition) is 2. The summed E-state index contributed by atoms with van der Waals surface area (Å²) in [6.07, 6.45) is 0. The van der Waals surface area contributed by atoms with E-state index >= 15 is 0 Å². The first-order valence-electron chi connectivity index (χ1n) is 6.03. The molecule has 0 aliphatic heterocycles. The first-order chi connectivity index (χ1) is 8.55. The van der Waals surface area contributed by atoms with Crippen LogP contribution in [0.1, 0.15) is 18.7 Å². The molecule has 0 aliphatic rings. The normalized spacial score (nSPS) is 12.2. The zero-order valence-electron chi connectivity index (χ0n) is 10.8. The van der Waals surface area contributed by atoms with Crippen molar-refractivity contribution in [2.75, 3.05) is 26.2 Å². The summed E-state index contributed by atoms with van der Waals surface area (Å²) in [6.45, 7) is 7.35. The summed E-state index contributed by atoms with van der Waals surface area (Å²) in [6, 6.07) is 1.60. The van der Waals surface area contributed by atoms with Gasteiger partial charge in [0.2, 0.25) is 10.0 Å². The van der Waals surface area contributed by atoms with E-state index in [-0.39, 0.29) is 6.54 Å². The van der Waals surface area contributed by atoms with Crippen molar-refractivity contribution in [2.24, 2.45) is 5.73 Å². The smallest absolute Gasteiger partial charge is 0.241 e. The molecule has 0 amide bonds. The van der Waals surface area contributed by atoms with Crippen LogP contribution in [0.4, 0.5) is 0 Å². The molecule has 0 aromatic carbocycles. The lowest BCUT2D eigenvalue weighted by Crippen LogP contribution is -2.35. The minimum absolute atomic E-state index is 0.254. The topological polar surface area (TPSA) is 75.4 Å². The molecule has 104 valence electrons. The van der Waals surface area contributed by atoms with Crippen molar-refractivity contribution in [1.82, 2.24) is 9.62 Å². The summed E-state index contributed by atoms with van der Waals surface area (Å²) in [4.78, 5) is 3.18. The second-order valence-electron chi connectivity index (χ2n) is 3.84. The van der Waals surface area contributed by atoms with E-state index in [2.05, 4.69) is 23.5 Å². The molecule has 0 saturated heterocycles. The van der Waals surface area contributed by atoms with E-state index in [1.807, 2.05) is 0 Å². The van der Waals surface area contributed by atoms with Crippen LogP contribution in [0.2, 0.25) is 0 Å². The van der Waals surface area contributed by atoms with Crippen LogP contribution >= 0.6 is 11.3 Å². The second kappa shape index (κ2) is 7.20. The van der Waals surface area contributed by atoms with Crippen molar-refractivity contribution < 1.29 is 8.42 Å². The summed E-state index contributed by atoms with van der Waals surface area (Å²) in [5, 5.41) is 1.75. The quantitative estimate of drug-likeness (QED) is 0.744. The van der Waals surface area contributed by atoms with Crippen molar-refractivity contribution in [2.45, 2.75) is 25.3 Å². The Morgan fingerprint density at radius 2 is 2.06 bits per heavy atom. The first kappa shape index (κ1) is 15.6. The molecule has 0 bridgehead atoms. The molecule has 0 atom stereocenters. The van der Waals surface area contributed by atoms with Crippen molar-refractivity contribution >= 4 is 21.4 Å². The molecule has 0 spiro atoms. The highest BCUT2D eigenvalue weighted by Gasteiger charge is 2.18. The van der Waals surface area contributed by atoms with Gasteiger partial charge in [0.05, 0.1) is 4.90 Å². The number of rotatable bonds is 8. The fourth-order valence-corrected chi connectivity index (χ4v) is 4.03. The molecular formula is C11H21N3O2S2. The van der Waals surface area contributed by atoms with Crippen LogP contribution in [0.5, 0.6) is 0 Å². The van der Waals surface area contributed by atoms with E-state index in [0.29, 0.717) is 22.9 Å². The Labute approximate surface area is 113 Å². The maximum atomic E-state index is 12.1. The molecule has 1 aromatic rings. The Hall–Kier alpha value is -0.470.